The highest BCUT2D eigenvalue weighted by atomic mass is 19.3. The zero-order valence-electron chi connectivity index (χ0n) is 13.0. The van der Waals surface area contributed by atoms with Gasteiger partial charge in [0.2, 0.25) is 5.72 Å². The van der Waals surface area contributed by atoms with Crippen LogP contribution >= 0.6 is 0 Å². The molecule has 1 aromatic rings. The van der Waals surface area contributed by atoms with Crippen LogP contribution in [0.5, 0.6) is 0 Å². The molecule has 1 N–H and O–H groups in total. The van der Waals surface area contributed by atoms with Gasteiger partial charge in [-0.15, -0.1) is 0 Å². The molecule has 0 saturated heterocycles. The Balaban J connectivity index is 2.33. The van der Waals surface area contributed by atoms with Crippen LogP contribution in [0.25, 0.3) is 0 Å². The summed E-state index contributed by atoms with van der Waals surface area (Å²) in [7, 11) is 0. The highest BCUT2D eigenvalue weighted by Crippen LogP contribution is 2.33. The number of alkyl halides is 4. The van der Waals surface area contributed by atoms with Crippen LogP contribution in [0.1, 0.15) is 17.8 Å². The summed E-state index contributed by atoms with van der Waals surface area (Å²) in [4.78, 5) is 22.4. The number of hydrogen-bond donors (Lipinski definition) is 1. The normalized spacial score (nSPS) is 20.5. The second-order valence-electron chi connectivity index (χ2n) is 5.39. The molecule has 2 heterocycles. The molecule has 0 bridgehead atoms. The number of amides is 1. The first-order valence-corrected chi connectivity index (χ1v) is 6.86. The van der Waals surface area contributed by atoms with Gasteiger partial charge in [0.25, 0.3) is 18.8 Å². The van der Waals surface area contributed by atoms with Crippen LogP contribution in [-0.4, -0.2) is 55.0 Å². The molecular weight excluding hydrogens is 354 g/mol. The molecule has 0 aliphatic carbocycles. The zero-order chi connectivity index (χ0) is 19.1. The molecule has 1 aliphatic rings. The molecule has 9 nitrogen and oxygen atoms in total. The minimum Gasteiger partial charge on any atom is -0.364 e. The van der Waals surface area contributed by atoms with Crippen molar-refractivity contribution >= 4 is 17.3 Å². The van der Waals surface area contributed by atoms with E-state index >= 15 is 0 Å². The first-order chi connectivity index (χ1) is 11.5. The molecule has 0 aromatic carbocycles. The molecule has 0 fully saturated rings. The molecule has 0 unspecified atom stereocenters. The summed E-state index contributed by atoms with van der Waals surface area (Å²) < 4.78 is 52.4. The van der Waals surface area contributed by atoms with Crippen LogP contribution in [0.15, 0.2) is 5.10 Å². The summed E-state index contributed by atoms with van der Waals surface area (Å²) in [6.07, 6.45) is -7.98. The Kier molecular flexibility index (Phi) is 4.79. The molecule has 2 rings (SSSR count). The predicted octanol–water partition coefficient (Wildman–Crippen LogP) is 1.22. The van der Waals surface area contributed by atoms with Gasteiger partial charge in [-0.2, -0.15) is 15.2 Å². The van der Waals surface area contributed by atoms with Gasteiger partial charge in [-0.25, -0.2) is 17.6 Å². The van der Waals surface area contributed by atoms with Crippen LogP contribution in [0.4, 0.5) is 23.2 Å². The van der Waals surface area contributed by atoms with Crippen LogP contribution in [0.2, 0.25) is 0 Å². The Hall–Kier alpha value is -2.57. The Labute approximate surface area is 137 Å². The molecule has 13 heteroatoms. The molecule has 0 radical (unpaired) electrons. The van der Waals surface area contributed by atoms with Crippen molar-refractivity contribution in [3.63, 3.8) is 0 Å². The number of carbonyl (C=O) groups excluding carboxylic acids is 1. The maximum absolute atomic E-state index is 13.1. The molecular formula is C12H13F4N5O4. The van der Waals surface area contributed by atoms with Gasteiger partial charge < -0.3 is 5.11 Å². The van der Waals surface area contributed by atoms with Gasteiger partial charge in [-0.3, -0.25) is 19.6 Å². The number of carbonyl (C=O) groups is 1. The molecule has 1 amide bonds. The number of hydrazone groups is 1. The number of aromatic nitrogens is 2. The standard InChI is InChI=1S/C12H13F4N5O4/c1-5-9(21(24)25)6(2)19(17-5)4-8(22)20-12(23,11(15)16)3-7(18-20)10(13)14/h10-11,23H,3-4H2,1-2H3/t12-/m0/s1. The van der Waals surface area contributed by atoms with Crippen molar-refractivity contribution in [1.29, 1.82) is 0 Å². The monoisotopic (exact) mass is 367 g/mol. The summed E-state index contributed by atoms with van der Waals surface area (Å²) in [5.74, 6) is -1.26. The lowest BCUT2D eigenvalue weighted by molar-refractivity contribution is -0.386. The van der Waals surface area contributed by atoms with E-state index in [0.717, 1.165) is 4.68 Å². The number of hydrogen-bond acceptors (Lipinski definition) is 6. The van der Waals surface area contributed by atoms with Crippen molar-refractivity contribution in [2.24, 2.45) is 5.10 Å². The lowest BCUT2D eigenvalue weighted by Gasteiger charge is -2.29. The number of nitrogens with zero attached hydrogens (tertiary/aromatic N) is 5. The van der Waals surface area contributed by atoms with Gasteiger partial charge in [0.05, 0.1) is 4.92 Å². The molecule has 1 aliphatic heterocycles. The number of halogens is 4. The summed E-state index contributed by atoms with van der Waals surface area (Å²) in [5.41, 5.74) is -4.68. The van der Waals surface area contributed by atoms with Crippen molar-refractivity contribution in [1.82, 2.24) is 14.8 Å². The van der Waals surface area contributed by atoms with Crippen LogP contribution in [0.3, 0.4) is 0 Å². The first kappa shape index (κ1) is 18.8. The van der Waals surface area contributed by atoms with E-state index in [2.05, 4.69) is 10.2 Å². The topological polar surface area (TPSA) is 114 Å². The van der Waals surface area contributed by atoms with E-state index in [1.165, 1.54) is 13.8 Å². The molecule has 0 spiro atoms. The molecule has 1 aromatic heterocycles. The third kappa shape index (κ3) is 3.18. The van der Waals surface area contributed by atoms with Crippen molar-refractivity contribution < 1.29 is 32.4 Å². The van der Waals surface area contributed by atoms with Crippen LogP contribution < -0.4 is 0 Å². The average Bonchev–Trinajstić information content (AvgIpc) is 2.98. The number of nitro groups is 1. The lowest BCUT2D eigenvalue weighted by atomic mass is 10.1. The number of aliphatic hydroxyl groups is 1. The summed E-state index contributed by atoms with van der Waals surface area (Å²) in [6, 6.07) is 0. The number of rotatable bonds is 5. The average molecular weight is 367 g/mol. The summed E-state index contributed by atoms with van der Waals surface area (Å²) in [6.45, 7) is 1.79. The van der Waals surface area contributed by atoms with E-state index in [9.17, 15) is 37.6 Å². The summed E-state index contributed by atoms with van der Waals surface area (Å²) >= 11 is 0. The fourth-order valence-electron chi connectivity index (χ4n) is 2.45. The van der Waals surface area contributed by atoms with Crippen LogP contribution in [-0.2, 0) is 11.3 Å². The van der Waals surface area contributed by atoms with E-state index in [4.69, 9.17) is 0 Å². The third-order valence-electron chi connectivity index (χ3n) is 3.69. The Bertz CT molecular complexity index is 750. The van der Waals surface area contributed by atoms with Crippen molar-refractivity contribution in [2.45, 2.75) is 45.4 Å². The second-order valence-corrected chi connectivity index (χ2v) is 5.39. The molecule has 25 heavy (non-hydrogen) atoms. The maximum Gasteiger partial charge on any atom is 0.312 e. The van der Waals surface area contributed by atoms with E-state index in [-0.39, 0.29) is 22.1 Å². The van der Waals surface area contributed by atoms with Gasteiger partial charge in [-0.1, -0.05) is 0 Å². The first-order valence-electron chi connectivity index (χ1n) is 6.86. The smallest absolute Gasteiger partial charge is 0.312 e. The molecule has 0 saturated carbocycles. The summed E-state index contributed by atoms with van der Waals surface area (Å²) in [5, 5.41) is 27.5. The molecule has 1 atom stereocenters. The highest BCUT2D eigenvalue weighted by molar-refractivity contribution is 5.92. The number of aryl methyl sites for hydroxylation is 1. The fraction of sp³-hybridized carbons (Fsp3) is 0.583. The second kappa shape index (κ2) is 6.38. The van der Waals surface area contributed by atoms with Gasteiger partial charge in [0, 0.05) is 6.42 Å². The lowest BCUT2D eigenvalue weighted by Crippen LogP contribution is -2.52. The van der Waals surface area contributed by atoms with Gasteiger partial charge in [0.1, 0.15) is 23.6 Å². The van der Waals surface area contributed by atoms with Gasteiger partial charge in [0.15, 0.2) is 0 Å². The fourth-order valence-corrected chi connectivity index (χ4v) is 2.45. The Morgan fingerprint density at radius 3 is 2.44 bits per heavy atom. The van der Waals surface area contributed by atoms with Crippen molar-refractivity contribution in [3.05, 3.63) is 21.5 Å². The predicted molar refractivity (Wildman–Crippen MR) is 74.2 cm³/mol. The quantitative estimate of drug-likeness (QED) is 0.477. The minimum atomic E-state index is -3.55. The Morgan fingerprint density at radius 1 is 1.40 bits per heavy atom. The van der Waals surface area contributed by atoms with E-state index in [1.54, 1.807) is 0 Å². The van der Waals surface area contributed by atoms with Gasteiger partial charge in [-0.05, 0) is 13.8 Å². The minimum absolute atomic E-state index is 0.0161. The highest BCUT2D eigenvalue weighted by Gasteiger charge is 2.53. The largest absolute Gasteiger partial charge is 0.364 e. The van der Waals surface area contributed by atoms with Crippen molar-refractivity contribution in [2.75, 3.05) is 0 Å². The van der Waals surface area contributed by atoms with Crippen LogP contribution in [0, 0.1) is 24.0 Å². The maximum atomic E-state index is 13.1. The van der Waals surface area contributed by atoms with E-state index in [0.29, 0.717) is 0 Å². The van der Waals surface area contributed by atoms with E-state index in [1.807, 2.05) is 0 Å². The van der Waals surface area contributed by atoms with Crippen molar-refractivity contribution in [3.8, 4) is 0 Å². The van der Waals surface area contributed by atoms with E-state index < -0.39 is 48.1 Å². The molecule has 138 valence electrons. The zero-order valence-corrected chi connectivity index (χ0v) is 13.0. The Morgan fingerprint density at radius 2 is 2.00 bits per heavy atom. The third-order valence-corrected chi connectivity index (χ3v) is 3.69. The van der Waals surface area contributed by atoms with Gasteiger partial charge >= 0.3 is 5.69 Å². The SMILES string of the molecule is Cc1nn(CC(=O)N2N=C(C(F)F)C[C@]2(O)C(F)F)c(C)c1[N+](=O)[O-].